The van der Waals surface area contributed by atoms with Gasteiger partial charge in [0.05, 0.1) is 13.2 Å². The van der Waals surface area contributed by atoms with E-state index in [0.717, 1.165) is 0 Å². The van der Waals surface area contributed by atoms with Gasteiger partial charge in [0.15, 0.2) is 6.29 Å². The van der Waals surface area contributed by atoms with Crippen LogP contribution in [0.25, 0.3) is 0 Å². The maximum atomic E-state index is 10.2. The van der Waals surface area contributed by atoms with Gasteiger partial charge in [0.25, 0.3) is 0 Å². The lowest BCUT2D eigenvalue weighted by Gasteiger charge is -2.34. The first-order chi connectivity index (χ1) is 4.68. The SMILES string of the molecule is NC(=O)OC1(C=O)COC1. The van der Waals surface area contributed by atoms with Gasteiger partial charge in [-0.05, 0) is 0 Å². The molecule has 1 saturated heterocycles. The van der Waals surface area contributed by atoms with Gasteiger partial charge in [-0.3, -0.25) is 4.79 Å². The van der Waals surface area contributed by atoms with E-state index < -0.39 is 11.7 Å². The highest BCUT2D eigenvalue weighted by Gasteiger charge is 2.42. The molecule has 56 valence electrons. The van der Waals surface area contributed by atoms with Crippen LogP contribution in [-0.4, -0.2) is 31.2 Å². The van der Waals surface area contributed by atoms with Gasteiger partial charge in [-0.2, -0.15) is 0 Å². The fourth-order valence-electron chi connectivity index (χ4n) is 0.655. The molecule has 1 heterocycles. The summed E-state index contributed by atoms with van der Waals surface area (Å²) in [6.45, 7) is 0.221. The van der Waals surface area contributed by atoms with Crippen molar-refractivity contribution in [1.82, 2.24) is 0 Å². The van der Waals surface area contributed by atoms with Crippen LogP contribution in [0, 0.1) is 0 Å². The lowest BCUT2D eigenvalue weighted by Crippen LogP contribution is -2.55. The predicted octanol–water partition coefficient (Wildman–Crippen LogP) is -0.950. The zero-order valence-corrected chi connectivity index (χ0v) is 5.20. The Balaban J connectivity index is 2.48. The Labute approximate surface area is 57.1 Å². The monoisotopic (exact) mass is 145 g/mol. The molecule has 0 radical (unpaired) electrons. The minimum absolute atomic E-state index is 0.111. The molecule has 0 spiro atoms. The largest absolute Gasteiger partial charge is 0.430 e. The number of aldehydes is 1. The van der Waals surface area contributed by atoms with Gasteiger partial charge >= 0.3 is 6.09 Å². The molecular weight excluding hydrogens is 138 g/mol. The van der Waals surface area contributed by atoms with Crippen LogP contribution in [0.3, 0.4) is 0 Å². The average molecular weight is 145 g/mol. The van der Waals surface area contributed by atoms with Crippen molar-refractivity contribution in [2.24, 2.45) is 5.73 Å². The summed E-state index contributed by atoms with van der Waals surface area (Å²) in [6, 6.07) is 0. The molecule has 0 unspecified atom stereocenters. The first-order valence-corrected chi connectivity index (χ1v) is 2.71. The second-order valence-corrected chi connectivity index (χ2v) is 2.10. The second-order valence-electron chi connectivity index (χ2n) is 2.10. The molecular formula is C5H7NO4. The van der Waals surface area contributed by atoms with Crippen molar-refractivity contribution in [3.8, 4) is 0 Å². The fourth-order valence-corrected chi connectivity index (χ4v) is 0.655. The van der Waals surface area contributed by atoms with Crippen molar-refractivity contribution < 1.29 is 19.1 Å². The van der Waals surface area contributed by atoms with E-state index in [1.807, 2.05) is 0 Å². The van der Waals surface area contributed by atoms with E-state index in [1.54, 1.807) is 0 Å². The van der Waals surface area contributed by atoms with Crippen LogP contribution in [0.1, 0.15) is 0 Å². The highest BCUT2D eigenvalue weighted by atomic mass is 16.6. The summed E-state index contributed by atoms with van der Waals surface area (Å²) in [7, 11) is 0. The molecule has 0 aromatic rings. The molecule has 2 N–H and O–H groups in total. The van der Waals surface area contributed by atoms with Crippen molar-refractivity contribution in [1.29, 1.82) is 0 Å². The Morgan fingerprint density at radius 1 is 1.70 bits per heavy atom. The molecule has 0 aliphatic carbocycles. The second kappa shape index (κ2) is 2.26. The number of primary amides is 1. The quantitative estimate of drug-likeness (QED) is 0.508. The first kappa shape index (κ1) is 7.01. The van der Waals surface area contributed by atoms with E-state index in [4.69, 9.17) is 0 Å². The van der Waals surface area contributed by atoms with Gasteiger partial charge < -0.3 is 15.2 Å². The van der Waals surface area contributed by atoms with Crippen LogP contribution in [0.4, 0.5) is 4.79 Å². The molecule has 0 aromatic carbocycles. The third-order valence-corrected chi connectivity index (χ3v) is 1.21. The van der Waals surface area contributed by atoms with Crippen molar-refractivity contribution >= 4 is 12.4 Å². The summed E-state index contributed by atoms with van der Waals surface area (Å²) in [5.74, 6) is 0. The molecule has 1 aliphatic rings. The van der Waals surface area contributed by atoms with E-state index in [1.165, 1.54) is 0 Å². The summed E-state index contributed by atoms with van der Waals surface area (Å²) < 4.78 is 9.13. The Bertz CT molecular complexity index is 163. The average Bonchev–Trinajstić information content (AvgIpc) is 1.78. The van der Waals surface area contributed by atoms with Crippen LogP contribution in [0.5, 0.6) is 0 Å². The summed E-state index contributed by atoms with van der Waals surface area (Å²) >= 11 is 0. The topological polar surface area (TPSA) is 78.6 Å². The number of hydrogen-bond donors (Lipinski definition) is 1. The van der Waals surface area contributed by atoms with E-state index in [-0.39, 0.29) is 13.2 Å². The minimum atomic E-state index is -1.09. The van der Waals surface area contributed by atoms with Crippen LogP contribution in [0.15, 0.2) is 0 Å². The number of rotatable bonds is 2. The van der Waals surface area contributed by atoms with E-state index >= 15 is 0 Å². The standard InChI is InChI=1S/C5H7NO4/c6-4(8)10-5(1-7)2-9-3-5/h1H,2-3H2,(H2,6,8). The molecule has 5 heteroatoms. The van der Waals surface area contributed by atoms with Crippen molar-refractivity contribution in [2.45, 2.75) is 5.60 Å². The van der Waals surface area contributed by atoms with Crippen molar-refractivity contribution in [2.75, 3.05) is 13.2 Å². The van der Waals surface area contributed by atoms with Crippen molar-refractivity contribution in [3.63, 3.8) is 0 Å². The normalized spacial score (nSPS) is 20.8. The first-order valence-electron chi connectivity index (χ1n) is 2.71. The van der Waals surface area contributed by atoms with Crippen LogP contribution in [-0.2, 0) is 14.3 Å². The molecule has 5 nitrogen and oxygen atoms in total. The van der Waals surface area contributed by atoms with Gasteiger partial charge in [-0.25, -0.2) is 4.79 Å². The van der Waals surface area contributed by atoms with Gasteiger partial charge in [-0.15, -0.1) is 0 Å². The number of hydrogen-bond acceptors (Lipinski definition) is 4. The van der Waals surface area contributed by atoms with Gasteiger partial charge in [-0.1, -0.05) is 0 Å². The zero-order valence-electron chi connectivity index (χ0n) is 5.20. The predicted molar refractivity (Wildman–Crippen MR) is 30.3 cm³/mol. The van der Waals surface area contributed by atoms with Gasteiger partial charge in [0.2, 0.25) is 5.60 Å². The Morgan fingerprint density at radius 2 is 2.30 bits per heavy atom. The highest BCUT2D eigenvalue weighted by molar-refractivity contribution is 5.73. The number of ether oxygens (including phenoxy) is 2. The molecule has 0 saturated carbocycles. The van der Waals surface area contributed by atoms with Crippen LogP contribution in [0.2, 0.25) is 0 Å². The molecule has 0 aromatic heterocycles. The van der Waals surface area contributed by atoms with Crippen LogP contribution < -0.4 is 5.73 Å². The zero-order chi connectivity index (χ0) is 7.61. The van der Waals surface area contributed by atoms with Gasteiger partial charge in [0, 0.05) is 0 Å². The third-order valence-electron chi connectivity index (χ3n) is 1.21. The lowest BCUT2D eigenvalue weighted by molar-refractivity contribution is -0.176. The molecule has 1 aliphatic heterocycles. The van der Waals surface area contributed by atoms with Gasteiger partial charge in [0.1, 0.15) is 0 Å². The van der Waals surface area contributed by atoms with Crippen molar-refractivity contribution in [3.05, 3.63) is 0 Å². The fraction of sp³-hybridized carbons (Fsp3) is 0.600. The summed E-state index contributed by atoms with van der Waals surface area (Å²) in [6.07, 6.45) is -0.420. The number of carbonyl (C=O) groups is 2. The summed E-state index contributed by atoms with van der Waals surface area (Å²) in [5, 5.41) is 0. The molecule has 10 heavy (non-hydrogen) atoms. The minimum Gasteiger partial charge on any atom is -0.430 e. The number of nitrogens with two attached hydrogens (primary N) is 1. The number of amides is 1. The smallest absolute Gasteiger partial charge is 0.405 e. The Morgan fingerprint density at radius 3 is 2.40 bits per heavy atom. The Hall–Kier alpha value is -1.10. The number of carbonyl (C=O) groups excluding carboxylic acids is 2. The maximum absolute atomic E-state index is 10.2. The lowest BCUT2D eigenvalue weighted by atomic mass is 10.1. The van der Waals surface area contributed by atoms with E-state index in [2.05, 4.69) is 15.2 Å². The molecule has 1 amide bonds. The Kier molecular flexibility index (Phi) is 1.58. The molecule has 1 fully saturated rings. The van der Waals surface area contributed by atoms with E-state index in [9.17, 15) is 9.59 Å². The summed E-state index contributed by atoms with van der Waals surface area (Å²) in [5.41, 5.74) is 3.60. The molecule has 1 rings (SSSR count). The maximum Gasteiger partial charge on any atom is 0.405 e. The molecule has 0 atom stereocenters. The highest BCUT2D eigenvalue weighted by Crippen LogP contribution is 2.18. The van der Waals surface area contributed by atoms with Crippen LogP contribution >= 0.6 is 0 Å². The summed E-state index contributed by atoms with van der Waals surface area (Å²) in [4.78, 5) is 20.4. The third kappa shape index (κ3) is 1.08. The van der Waals surface area contributed by atoms with E-state index in [0.29, 0.717) is 6.29 Å². The molecule has 0 bridgehead atoms.